The molecule has 0 saturated heterocycles. The summed E-state index contributed by atoms with van der Waals surface area (Å²) in [4.78, 5) is 0. The average molecular weight is 1010 g/mol. The van der Waals surface area contributed by atoms with Crippen LogP contribution in [0.15, 0.2) is 194 Å². The minimum absolute atomic E-state index is 0. The fourth-order valence-electron chi connectivity index (χ4n) is 8.43. The molecule has 0 saturated carbocycles. The minimum atomic E-state index is 0. The third-order valence-corrected chi connectivity index (χ3v) is 13.4. The van der Waals surface area contributed by atoms with Crippen LogP contribution in [0.25, 0.3) is 65.3 Å². The first-order chi connectivity index (χ1) is 29.0. The van der Waals surface area contributed by atoms with Crippen LogP contribution in [0.5, 0.6) is 0 Å². The van der Waals surface area contributed by atoms with Gasteiger partial charge < -0.3 is 24.8 Å². The zero-order valence-electron chi connectivity index (χ0n) is 36.4. The molecule has 1 aliphatic carbocycles. The van der Waals surface area contributed by atoms with Crippen molar-refractivity contribution < 1.29 is 48.7 Å². The second-order valence-electron chi connectivity index (χ2n) is 17.8. The molecule has 0 nitrogen and oxygen atoms in total. The van der Waals surface area contributed by atoms with Crippen molar-refractivity contribution in [2.75, 3.05) is 0 Å². The zero-order valence-corrected chi connectivity index (χ0v) is 41.5. The summed E-state index contributed by atoms with van der Waals surface area (Å²) in [5.41, 5.74) is 10.9. The van der Waals surface area contributed by atoms with E-state index < -0.39 is 0 Å². The number of fused-ring (bicyclic) bond motifs is 5. The Balaban J connectivity index is 0.000000190. The zero-order chi connectivity index (χ0) is 41.9. The molecular formula is C59H52Cl2Hf-2. The summed E-state index contributed by atoms with van der Waals surface area (Å²) in [5, 5.41) is 10.7. The van der Waals surface area contributed by atoms with Gasteiger partial charge in [-0.05, 0) is 44.2 Å². The topological polar surface area (TPSA) is 0 Å². The van der Waals surface area contributed by atoms with Gasteiger partial charge in [0.2, 0.25) is 0 Å². The molecule has 0 spiro atoms. The van der Waals surface area contributed by atoms with Crippen molar-refractivity contribution in [3.63, 3.8) is 0 Å². The molecule has 0 amide bonds. The molecule has 0 radical (unpaired) electrons. The Hall–Kier alpha value is -5.05. The average Bonchev–Trinajstić information content (AvgIpc) is 3.97. The van der Waals surface area contributed by atoms with E-state index in [9.17, 15) is 0 Å². The van der Waals surface area contributed by atoms with Crippen molar-refractivity contribution in [2.24, 2.45) is 0 Å². The van der Waals surface area contributed by atoms with Crippen LogP contribution in [0.2, 0.25) is 0 Å². The van der Waals surface area contributed by atoms with Gasteiger partial charge in [-0.15, -0.1) is 46.2 Å². The van der Waals surface area contributed by atoms with E-state index in [1.54, 1.807) is 0 Å². The molecule has 0 fully saturated rings. The first kappa shape index (κ1) is 46.5. The summed E-state index contributed by atoms with van der Waals surface area (Å²) in [5.74, 6) is 0. The van der Waals surface area contributed by atoms with E-state index in [0.717, 1.165) is 30.3 Å². The van der Waals surface area contributed by atoms with E-state index in [0.29, 0.717) is 0 Å². The van der Waals surface area contributed by atoms with Gasteiger partial charge in [0, 0.05) is 0 Å². The second kappa shape index (κ2) is 20.0. The molecule has 3 heteroatoms. The molecule has 0 atom stereocenters. The molecule has 62 heavy (non-hydrogen) atoms. The van der Waals surface area contributed by atoms with Crippen LogP contribution in [0.3, 0.4) is 0 Å². The maximum atomic E-state index is 2.99. The van der Waals surface area contributed by atoms with E-state index in [4.69, 9.17) is 0 Å². The first-order valence-corrected chi connectivity index (χ1v) is 22.9. The Labute approximate surface area is 395 Å². The predicted octanol–water partition coefficient (Wildman–Crippen LogP) is 10.1. The summed E-state index contributed by atoms with van der Waals surface area (Å²) in [6, 6.07) is 64.3. The molecule has 0 aromatic heterocycles. The van der Waals surface area contributed by atoms with Crippen LogP contribution in [0, 0.1) is 6.08 Å². The van der Waals surface area contributed by atoms with Crippen LogP contribution < -0.4 is 24.8 Å². The molecule has 0 N–H and O–H groups in total. The van der Waals surface area contributed by atoms with Crippen molar-refractivity contribution in [3.8, 4) is 22.3 Å². The predicted molar refractivity (Wildman–Crippen MR) is 258 cm³/mol. The van der Waals surface area contributed by atoms with Crippen LogP contribution >= 0.6 is 0 Å². The summed E-state index contributed by atoms with van der Waals surface area (Å²) >= 11 is 1.02. The molecule has 9 aromatic carbocycles. The van der Waals surface area contributed by atoms with Gasteiger partial charge in [-0.3, -0.25) is 6.08 Å². The van der Waals surface area contributed by atoms with E-state index in [1.807, 2.05) is 12.2 Å². The third kappa shape index (κ3) is 10.1. The maximum absolute atomic E-state index is 2.99. The molecule has 0 unspecified atom stereocenters. The van der Waals surface area contributed by atoms with Crippen LogP contribution in [-0.2, 0) is 34.7 Å². The van der Waals surface area contributed by atoms with Crippen molar-refractivity contribution in [1.29, 1.82) is 0 Å². The molecule has 10 rings (SSSR count). The van der Waals surface area contributed by atoms with E-state index >= 15 is 0 Å². The Kier molecular flexibility index (Phi) is 15.0. The van der Waals surface area contributed by atoms with Crippen LogP contribution in [-0.4, -0.2) is 3.26 Å². The number of allylic oxidation sites excluding steroid dienone is 4. The standard InChI is InChI=1S/C33H33.C21H14.C5H5.2ClH.Hf/c1-32(2,3)30-20-26-24(18-28(30)22-13-9-7-10-14-22)17-25-19-29(23-15-11-8-12-16-23)31(21-27(25)26)33(4,5)6;1-3-13-20-16(7-1)9-5-11-18(20)15-19-12-6-10-17-8-2-4-14-21(17)19;1-2-4-5-3-1;;;/h7-21H,1-6H3;1-14H;1-3H,4H2;2*1H;/q-1;;-1;;;+2/p-2. The molecule has 308 valence electrons. The Morgan fingerprint density at radius 2 is 0.887 bits per heavy atom. The number of hydrogen-bond donors (Lipinski definition) is 0. The van der Waals surface area contributed by atoms with Gasteiger partial charge in [-0.25, -0.2) is 12.2 Å². The summed E-state index contributed by atoms with van der Waals surface area (Å²) in [7, 11) is 0. The van der Waals surface area contributed by atoms with E-state index in [-0.39, 0.29) is 35.6 Å². The SMILES string of the molecule is CC(C)(C)c1cc2c(cc1-c1ccccc1)[cH-]c1cc(-c3ccccc3)c(C(C)(C)C)cc12.[C-]1=CC=CC1.[Cl-].[Cl-].[Hf+2]=[C](c1cccc2ccccc12)c1cccc2ccccc12. The monoisotopic (exact) mass is 1010 g/mol. The number of halogens is 2. The number of rotatable bonds is 4. The van der Waals surface area contributed by atoms with Gasteiger partial charge >= 0.3 is 145 Å². The molecular weight excluding hydrogens is 958 g/mol. The molecule has 1 aliphatic rings. The van der Waals surface area contributed by atoms with E-state index in [2.05, 4.69) is 230 Å². The first-order valence-electron chi connectivity index (χ1n) is 21.1. The normalized spacial score (nSPS) is 12.0. The van der Waals surface area contributed by atoms with Crippen LogP contribution in [0.1, 0.15) is 70.2 Å². The van der Waals surface area contributed by atoms with Crippen molar-refractivity contribution in [3.05, 3.63) is 222 Å². The van der Waals surface area contributed by atoms with Crippen molar-refractivity contribution >= 4 is 46.3 Å². The van der Waals surface area contributed by atoms with Gasteiger partial charge in [0.15, 0.2) is 0 Å². The quantitative estimate of drug-likeness (QED) is 0.122. The molecule has 0 aliphatic heterocycles. The second-order valence-corrected chi connectivity index (χ2v) is 19.6. The number of benzene rings is 8. The van der Waals surface area contributed by atoms with Gasteiger partial charge in [-0.1, -0.05) is 114 Å². The summed E-state index contributed by atoms with van der Waals surface area (Å²) in [6.07, 6.45) is 10.0. The molecule has 0 heterocycles. The van der Waals surface area contributed by atoms with E-state index in [1.165, 1.54) is 90.9 Å². The fourth-order valence-corrected chi connectivity index (χ4v) is 10.00. The molecule has 9 aromatic rings. The van der Waals surface area contributed by atoms with Crippen molar-refractivity contribution in [2.45, 2.75) is 58.8 Å². The molecule has 0 bridgehead atoms. The third-order valence-electron chi connectivity index (χ3n) is 11.5. The summed E-state index contributed by atoms with van der Waals surface area (Å²) < 4.78 is 1.47. The Bertz CT molecular complexity index is 2810. The summed E-state index contributed by atoms with van der Waals surface area (Å²) in [6.45, 7) is 13.9. The number of hydrogen-bond acceptors (Lipinski definition) is 0. The van der Waals surface area contributed by atoms with Gasteiger partial charge in [0.05, 0.1) is 0 Å². The van der Waals surface area contributed by atoms with Gasteiger partial charge in [-0.2, -0.15) is 6.08 Å². The Morgan fingerprint density at radius 1 is 0.484 bits per heavy atom. The van der Waals surface area contributed by atoms with Crippen LogP contribution in [0.4, 0.5) is 0 Å². The van der Waals surface area contributed by atoms with Gasteiger partial charge in [0.25, 0.3) is 0 Å². The van der Waals surface area contributed by atoms with Gasteiger partial charge in [0.1, 0.15) is 0 Å². The fraction of sp³-hybridized carbons (Fsp3) is 0.153. The Morgan fingerprint density at radius 3 is 1.26 bits per heavy atom. The van der Waals surface area contributed by atoms with Crippen molar-refractivity contribution in [1.82, 2.24) is 0 Å².